The van der Waals surface area contributed by atoms with Crippen molar-refractivity contribution in [2.75, 3.05) is 5.75 Å². The third-order valence-electron chi connectivity index (χ3n) is 6.99. The van der Waals surface area contributed by atoms with Crippen LogP contribution in [0.4, 0.5) is 0 Å². The van der Waals surface area contributed by atoms with Crippen molar-refractivity contribution < 1.29 is 29.3 Å². The van der Waals surface area contributed by atoms with Gasteiger partial charge in [0.2, 0.25) is 5.91 Å². The molecule has 2 aliphatic heterocycles. The zero-order valence-electron chi connectivity index (χ0n) is 22.3. The van der Waals surface area contributed by atoms with E-state index in [0.717, 1.165) is 11.1 Å². The van der Waals surface area contributed by atoms with E-state index in [2.05, 4.69) is 10.3 Å². The molecule has 43 heavy (non-hydrogen) atoms. The normalized spacial score (nSPS) is 17.8. The van der Waals surface area contributed by atoms with Gasteiger partial charge in [-0.15, -0.1) is 23.1 Å². The van der Waals surface area contributed by atoms with Gasteiger partial charge in [0.1, 0.15) is 33.6 Å². The van der Waals surface area contributed by atoms with Gasteiger partial charge in [0.25, 0.3) is 5.91 Å². The summed E-state index contributed by atoms with van der Waals surface area (Å²) >= 11 is 9.00. The van der Waals surface area contributed by atoms with E-state index in [9.17, 15) is 24.6 Å². The van der Waals surface area contributed by atoms with Crippen molar-refractivity contribution in [3.63, 3.8) is 0 Å². The van der Waals surface area contributed by atoms with Gasteiger partial charge in [-0.05, 0) is 23.3 Å². The number of nitrogens with zero attached hydrogens (tertiary/aromatic N) is 2. The number of β-lactam (4-membered cyclic amide) rings is 1. The van der Waals surface area contributed by atoms with Gasteiger partial charge in [-0.1, -0.05) is 78.3 Å². The lowest BCUT2D eigenvalue weighted by Gasteiger charge is -2.49. The van der Waals surface area contributed by atoms with Crippen molar-refractivity contribution >= 4 is 52.5 Å². The molecular formula is C31H24ClN3O6S2. The van der Waals surface area contributed by atoms with Crippen LogP contribution in [0.15, 0.2) is 95.0 Å². The molecule has 2 aliphatic rings. The van der Waals surface area contributed by atoms with Gasteiger partial charge in [0.05, 0.1) is 22.7 Å². The van der Waals surface area contributed by atoms with Crippen LogP contribution >= 0.6 is 34.7 Å². The van der Waals surface area contributed by atoms with Gasteiger partial charge in [-0.2, -0.15) is 0 Å². The number of aromatic hydroxyl groups is 2. The number of esters is 1. The summed E-state index contributed by atoms with van der Waals surface area (Å²) in [7, 11) is 0. The Morgan fingerprint density at radius 3 is 2.26 bits per heavy atom. The van der Waals surface area contributed by atoms with Crippen LogP contribution in [0.5, 0.6) is 11.5 Å². The molecule has 218 valence electrons. The standard InChI is InChI=1S/C31H24ClN3O6S2/c32-20-16-43-30-25(34-23(38)14-19-15-42-28(33-19)24-21(36)12-7-13-22(24)37)29(39)35(30)26(20)31(40)41-27(17-8-3-1-4-9-17)18-10-5-2-6-11-18/h1-13,15,25,27,30,36-37H,14,16H2,(H,34,38)/t25-,30-/m1/s1. The van der Waals surface area contributed by atoms with E-state index >= 15 is 0 Å². The Hall–Kier alpha value is -4.32. The van der Waals surface area contributed by atoms with Crippen LogP contribution in [0.1, 0.15) is 22.9 Å². The Morgan fingerprint density at radius 1 is 1.00 bits per heavy atom. The second kappa shape index (κ2) is 12.1. The summed E-state index contributed by atoms with van der Waals surface area (Å²) in [6.45, 7) is 0. The lowest BCUT2D eigenvalue weighted by atomic mass is 10.0. The van der Waals surface area contributed by atoms with Gasteiger partial charge in [0, 0.05) is 11.1 Å². The van der Waals surface area contributed by atoms with Crippen molar-refractivity contribution in [3.05, 3.63) is 112 Å². The quantitative estimate of drug-likeness (QED) is 0.184. The number of carbonyl (C=O) groups is 3. The number of halogens is 1. The van der Waals surface area contributed by atoms with Crippen LogP contribution in [0.2, 0.25) is 0 Å². The average Bonchev–Trinajstić information content (AvgIpc) is 3.46. The third kappa shape index (κ3) is 5.71. The SMILES string of the molecule is O=C(Cc1csc(-c2c(O)cccc2O)n1)N[C@@H]1C(=O)N2C(C(=O)OC(c3ccccc3)c3ccccc3)=C(Cl)CS[C@H]12. The highest BCUT2D eigenvalue weighted by Crippen LogP contribution is 2.43. The molecule has 0 spiro atoms. The molecule has 2 atom stereocenters. The second-order valence-corrected chi connectivity index (χ2v) is 12.2. The maximum atomic E-state index is 13.5. The van der Waals surface area contributed by atoms with Crippen molar-refractivity contribution in [2.45, 2.75) is 23.9 Å². The summed E-state index contributed by atoms with van der Waals surface area (Å²) in [5.41, 5.74) is 2.11. The van der Waals surface area contributed by atoms with Gasteiger partial charge in [0.15, 0.2) is 6.10 Å². The second-order valence-electron chi connectivity index (χ2n) is 9.81. The molecule has 3 aromatic carbocycles. The Labute approximate surface area is 259 Å². The molecule has 1 fully saturated rings. The minimum atomic E-state index is -0.857. The molecule has 0 saturated carbocycles. The molecular weight excluding hydrogens is 610 g/mol. The largest absolute Gasteiger partial charge is 0.507 e. The molecule has 4 aromatic rings. The fraction of sp³-hybridized carbons (Fsp3) is 0.161. The number of thioether (sulfide) groups is 1. The van der Waals surface area contributed by atoms with E-state index in [0.29, 0.717) is 10.7 Å². The number of hydrogen-bond acceptors (Lipinski definition) is 9. The zero-order chi connectivity index (χ0) is 30.1. The highest BCUT2D eigenvalue weighted by molar-refractivity contribution is 8.00. The van der Waals surface area contributed by atoms with E-state index < -0.39 is 35.3 Å². The topological polar surface area (TPSA) is 129 Å². The van der Waals surface area contributed by atoms with E-state index in [-0.39, 0.29) is 40.0 Å². The van der Waals surface area contributed by atoms with E-state index in [1.165, 1.54) is 46.2 Å². The maximum absolute atomic E-state index is 13.5. The molecule has 0 unspecified atom stereocenters. The highest BCUT2D eigenvalue weighted by Gasteiger charge is 2.54. The van der Waals surface area contributed by atoms with E-state index in [1.807, 2.05) is 60.7 Å². The maximum Gasteiger partial charge on any atom is 0.357 e. The summed E-state index contributed by atoms with van der Waals surface area (Å²) in [5.74, 6) is -1.61. The number of phenols is 2. The number of amides is 2. The smallest absolute Gasteiger partial charge is 0.357 e. The molecule has 2 amide bonds. The highest BCUT2D eigenvalue weighted by atomic mass is 35.5. The third-order valence-corrected chi connectivity index (χ3v) is 9.65. The monoisotopic (exact) mass is 633 g/mol. The van der Waals surface area contributed by atoms with Crippen LogP contribution in [-0.2, 0) is 25.5 Å². The molecule has 0 aliphatic carbocycles. The number of rotatable bonds is 8. The van der Waals surface area contributed by atoms with Crippen LogP contribution in [-0.4, -0.2) is 55.0 Å². The molecule has 1 saturated heterocycles. The van der Waals surface area contributed by atoms with Gasteiger partial charge >= 0.3 is 5.97 Å². The number of ether oxygens (including phenoxy) is 1. The molecule has 1 aromatic heterocycles. The number of phenolic OH excluding ortho intramolecular Hbond substituents is 2. The zero-order valence-corrected chi connectivity index (χ0v) is 24.7. The van der Waals surface area contributed by atoms with Crippen molar-refractivity contribution in [1.82, 2.24) is 15.2 Å². The number of fused-ring (bicyclic) bond motifs is 1. The molecule has 3 heterocycles. The molecule has 3 N–H and O–H groups in total. The van der Waals surface area contributed by atoms with E-state index in [4.69, 9.17) is 16.3 Å². The first-order chi connectivity index (χ1) is 20.8. The first-order valence-electron chi connectivity index (χ1n) is 13.2. The molecule has 9 nitrogen and oxygen atoms in total. The first kappa shape index (κ1) is 28.8. The van der Waals surface area contributed by atoms with Crippen LogP contribution in [0.3, 0.4) is 0 Å². The Balaban J connectivity index is 1.14. The lowest BCUT2D eigenvalue weighted by Crippen LogP contribution is -2.70. The number of carbonyl (C=O) groups excluding carboxylic acids is 3. The molecule has 0 bridgehead atoms. The van der Waals surface area contributed by atoms with E-state index in [1.54, 1.807) is 5.38 Å². The van der Waals surface area contributed by atoms with Gasteiger partial charge < -0.3 is 20.3 Å². The minimum Gasteiger partial charge on any atom is -0.507 e. The summed E-state index contributed by atoms with van der Waals surface area (Å²) in [6, 6.07) is 22.1. The van der Waals surface area contributed by atoms with Crippen molar-refractivity contribution in [1.29, 1.82) is 0 Å². The first-order valence-corrected chi connectivity index (χ1v) is 15.5. The van der Waals surface area contributed by atoms with Crippen molar-refractivity contribution in [3.8, 4) is 22.1 Å². The summed E-state index contributed by atoms with van der Waals surface area (Å²) in [6.07, 6.45) is -0.831. The van der Waals surface area contributed by atoms with Crippen LogP contribution in [0, 0.1) is 0 Å². The van der Waals surface area contributed by atoms with Crippen LogP contribution in [0.25, 0.3) is 10.6 Å². The van der Waals surface area contributed by atoms with Gasteiger partial charge in [-0.25, -0.2) is 9.78 Å². The molecule has 6 rings (SSSR count). The Kier molecular flexibility index (Phi) is 8.11. The summed E-state index contributed by atoms with van der Waals surface area (Å²) in [4.78, 5) is 45.4. The predicted octanol–water partition coefficient (Wildman–Crippen LogP) is 4.95. The Bertz CT molecular complexity index is 1670. The minimum absolute atomic E-state index is 0.0237. The predicted molar refractivity (Wildman–Crippen MR) is 163 cm³/mol. The lowest BCUT2D eigenvalue weighted by molar-refractivity contribution is -0.154. The molecule has 0 radical (unpaired) electrons. The fourth-order valence-corrected chi connectivity index (χ4v) is 7.39. The summed E-state index contributed by atoms with van der Waals surface area (Å²) in [5, 5.41) is 24.7. The number of benzene rings is 3. The molecule has 12 heteroatoms. The van der Waals surface area contributed by atoms with Crippen LogP contribution < -0.4 is 5.32 Å². The number of thiazole rings is 1. The fourth-order valence-electron chi connectivity index (χ4n) is 4.96. The number of hydrogen-bond donors (Lipinski definition) is 3. The van der Waals surface area contributed by atoms with Crippen molar-refractivity contribution in [2.24, 2.45) is 0 Å². The number of nitrogens with one attached hydrogen (secondary N) is 1. The summed E-state index contributed by atoms with van der Waals surface area (Å²) < 4.78 is 5.97. The number of aromatic nitrogens is 1. The van der Waals surface area contributed by atoms with Gasteiger partial charge in [-0.3, -0.25) is 14.5 Å². The Morgan fingerprint density at radius 2 is 1.63 bits per heavy atom. The average molecular weight is 634 g/mol.